The average molecular weight is 455 g/mol. The van der Waals surface area contributed by atoms with Crippen LogP contribution in [0.25, 0.3) is 0 Å². The van der Waals surface area contributed by atoms with Crippen LogP contribution in [-0.2, 0) is 0 Å². The molecule has 12 heteroatoms. The molecule has 0 saturated heterocycles. The van der Waals surface area contributed by atoms with Gasteiger partial charge in [0.05, 0.1) is 11.9 Å². The molecule has 0 spiro atoms. The number of nitrogens with one attached hydrogen (secondary N) is 1. The van der Waals surface area contributed by atoms with Crippen molar-refractivity contribution in [1.29, 1.82) is 0 Å². The number of pyridine rings is 1. The van der Waals surface area contributed by atoms with Gasteiger partial charge >= 0.3 is 0 Å². The summed E-state index contributed by atoms with van der Waals surface area (Å²) >= 11 is 0. The number of halogens is 2. The van der Waals surface area contributed by atoms with E-state index in [4.69, 9.17) is 0 Å². The van der Waals surface area contributed by atoms with Crippen molar-refractivity contribution in [3.8, 4) is 0 Å². The van der Waals surface area contributed by atoms with Crippen LogP contribution in [-0.4, -0.2) is 29.1 Å². The smallest absolute Gasteiger partial charge is 0.277 e. The molecular weight excluding hydrogens is 440 g/mol. The van der Waals surface area contributed by atoms with E-state index in [9.17, 15) is 31.8 Å². The molecule has 0 bridgehead atoms. The van der Waals surface area contributed by atoms with Gasteiger partial charge in [-0.3, -0.25) is 23.0 Å². The minimum Gasteiger partial charge on any atom is -0.321 e. The third kappa shape index (κ3) is 3.29. The fourth-order valence-corrected chi connectivity index (χ4v) is 7.66. The molecule has 30 heavy (non-hydrogen) atoms. The van der Waals surface area contributed by atoms with Gasteiger partial charge in [-0.1, -0.05) is 33.7 Å². The van der Waals surface area contributed by atoms with Crippen molar-refractivity contribution in [2.24, 2.45) is 0 Å². The van der Waals surface area contributed by atoms with Crippen molar-refractivity contribution < 1.29 is 31.8 Å². The number of hydrogen-bond acceptors (Lipinski definition) is 7. The first-order chi connectivity index (χ1) is 14.1. The van der Waals surface area contributed by atoms with Crippen LogP contribution in [0, 0.1) is 11.6 Å². The zero-order valence-electron chi connectivity index (χ0n) is 14.9. The largest absolute Gasteiger partial charge is 0.321 e. The topological polar surface area (TPSA) is 126 Å². The monoisotopic (exact) mass is 455 g/mol. The Bertz CT molecular complexity index is 1110. The second-order valence-corrected chi connectivity index (χ2v) is 10.1. The van der Waals surface area contributed by atoms with Crippen LogP contribution in [0.5, 0.6) is 0 Å². The number of rotatable bonds is 3. The van der Waals surface area contributed by atoms with Crippen LogP contribution in [0.1, 0.15) is 10.5 Å². The van der Waals surface area contributed by atoms with E-state index in [-0.39, 0.29) is 21.2 Å². The molecule has 158 valence electrons. The van der Waals surface area contributed by atoms with E-state index >= 15 is 0 Å². The summed E-state index contributed by atoms with van der Waals surface area (Å²) in [5, 5.41) is 2.38. The van der Waals surface area contributed by atoms with E-state index in [1.807, 2.05) is 0 Å². The highest BCUT2D eigenvalue weighted by atomic mass is 32.4. The Balaban J connectivity index is 1.60. The van der Waals surface area contributed by atoms with Crippen LogP contribution in [0.3, 0.4) is 0 Å². The molecule has 1 amide bonds. The Morgan fingerprint density at radius 1 is 0.933 bits per heavy atom. The number of benzene rings is 2. The molecule has 1 aromatic heterocycles. The summed E-state index contributed by atoms with van der Waals surface area (Å²) in [7, 11) is -7.42. The number of amides is 1. The molecule has 2 heterocycles. The Morgan fingerprint density at radius 2 is 1.50 bits per heavy atom. The fourth-order valence-electron chi connectivity index (χ4n) is 2.96. The molecule has 0 atom stereocenters. The second-order valence-electron chi connectivity index (χ2n) is 6.23. The SMILES string of the molecule is O=C(Nc1ccc(N2S(O)(O)c3ccccc3S2(O)O)cc1)c1ncc(F)cc1F. The summed E-state index contributed by atoms with van der Waals surface area (Å²) in [6.45, 7) is 0. The number of carbonyl (C=O) groups excluding carboxylic acids is 1. The van der Waals surface area contributed by atoms with Gasteiger partial charge in [-0.25, -0.2) is 13.8 Å². The maximum absolute atomic E-state index is 13.7. The Kier molecular flexibility index (Phi) is 4.92. The van der Waals surface area contributed by atoms with Crippen molar-refractivity contribution in [2.45, 2.75) is 9.79 Å². The van der Waals surface area contributed by atoms with E-state index in [0.717, 1.165) is 3.71 Å². The van der Waals surface area contributed by atoms with Crippen molar-refractivity contribution in [1.82, 2.24) is 4.98 Å². The molecule has 1 aliphatic heterocycles. The number of carbonyl (C=O) groups is 1. The first-order valence-electron chi connectivity index (χ1n) is 8.31. The molecule has 0 saturated carbocycles. The Hall–Kier alpha value is -2.74. The summed E-state index contributed by atoms with van der Waals surface area (Å²) in [6.07, 6.45) is 0.710. The highest BCUT2D eigenvalue weighted by molar-refractivity contribution is 8.44. The maximum Gasteiger partial charge on any atom is 0.277 e. The Morgan fingerprint density at radius 3 is 2.03 bits per heavy atom. The highest BCUT2D eigenvalue weighted by Gasteiger charge is 2.47. The van der Waals surface area contributed by atoms with E-state index in [0.29, 0.717) is 12.3 Å². The normalized spacial score (nSPS) is 18.4. The molecule has 0 unspecified atom stereocenters. The third-order valence-corrected chi connectivity index (χ3v) is 8.88. The van der Waals surface area contributed by atoms with Gasteiger partial charge in [0, 0.05) is 11.8 Å². The highest BCUT2D eigenvalue weighted by Crippen LogP contribution is 2.77. The molecule has 3 aromatic rings. The zero-order chi connectivity index (χ0) is 21.7. The van der Waals surface area contributed by atoms with Gasteiger partial charge in [-0.2, -0.15) is 3.71 Å². The lowest BCUT2D eigenvalue weighted by Gasteiger charge is -2.45. The molecule has 5 N–H and O–H groups in total. The summed E-state index contributed by atoms with van der Waals surface area (Å²) in [5.41, 5.74) is -0.326. The molecule has 0 aliphatic carbocycles. The van der Waals surface area contributed by atoms with Crippen molar-refractivity contribution in [3.63, 3.8) is 0 Å². The van der Waals surface area contributed by atoms with Crippen LogP contribution < -0.4 is 9.03 Å². The lowest BCUT2D eigenvalue weighted by molar-refractivity contribution is 0.101. The summed E-state index contributed by atoms with van der Waals surface area (Å²) in [5.74, 6) is -2.96. The first kappa shape index (κ1) is 20.5. The molecule has 0 radical (unpaired) electrons. The van der Waals surface area contributed by atoms with Gasteiger partial charge in [-0.05, 0) is 36.4 Å². The van der Waals surface area contributed by atoms with E-state index in [2.05, 4.69) is 10.3 Å². The van der Waals surface area contributed by atoms with Gasteiger partial charge in [0.1, 0.15) is 15.6 Å². The van der Waals surface area contributed by atoms with Crippen LogP contribution in [0.4, 0.5) is 20.2 Å². The first-order valence-corrected chi connectivity index (χ1v) is 11.3. The zero-order valence-corrected chi connectivity index (χ0v) is 16.6. The number of hydrogen-bond donors (Lipinski definition) is 5. The number of nitrogens with zero attached hydrogens (tertiary/aromatic N) is 2. The van der Waals surface area contributed by atoms with Crippen molar-refractivity contribution >= 4 is 38.8 Å². The molecular formula is C18H15F2N3O5S2. The summed E-state index contributed by atoms with van der Waals surface area (Å²) in [6, 6.07) is 11.8. The van der Waals surface area contributed by atoms with Gasteiger partial charge < -0.3 is 5.32 Å². The Labute approximate surface area is 172 Å². The minimum atomic E-state index is -3.71. The lowest BCUT2D eigenvalue weighted by atomic mass is 10.2. The van der Waals surface area contributed by atoms with E-state index in [1.54, 1.807) is 12.1 Å². The van der Waals surface area contributed by atoms with Crippen molar-refractivity contribution in [3.05, 3.63) is 78.1 Å². The average Bonchev–Trinajstić information content (AvgIpc) is 2.85. The molecule has 2 aromatic carbocycles. The van der Waals surface area contributed by atoms with Gasteiger partial charge in [0.2, 0.25) is 0 Å². The molecule has 0 fully saturated rings. The van der Waals surface area contributed by atoms with Crippen LogP contribution >= 0.6 is 21.6 Å². The fraction of sp³-hybridized carbons (Fsp3) is 0. The van der Waals surface area contributed by atoms with Gasteiger partial charge in [-0.15, -0.1) is 0 Å². The summed E-state index contributed by atoms with van der Waals surface area (Å²) < 4.78 is 69.9. The number of anilines is 2. The van der Waals surface area contributed by atoms with E-state index < -0.39 is 44.8 Å². The number of aromatic nitrogens is 1. The standard InChI is InChI=1S/C18H15F2N3O5S2/c19-11-9-14(20)17(21-10-11)18(24)22-12-5-7-13(8-6-12)23-29(25,26)15-3-1-2-4-16(15)30(23,27)28/h1-10,25-28H,(H,22,24). The lowest BCUT2D eigenvalue weighted by Crippen LogP contribution is -2.24. The van der Waals surface area contributed by atoms with E-state index in [1.165, 1.54) is 36.4 Å². The maximum atomic E-state index is 13.7. The van der Waals surface area contributed by atoms with Crippen LogP contribution in [0.15, 0.2) is 70.6 Å². The number of fused-ring (bicyclic) bond motifs is 1. The van der Waals surface area contributed by atoms with Gasteiger partial charge in [0.25, 0.3) is 5.91 Å². The summed E-state index contributed by atoms with van der Waals surface area (Å²) in [4.78, 5) is 15.6. The van der Waals surface area contributed by atoms with Crippen molar-refractivity contribution in [2.75, 3.05) is 9.03 Å². The third-order valence-electron chi connectivity index (χ3n) is 4.26. The minimum absolute atomic E-state index is 0.0141. The molecule has 4 rings (SSSR count). The predicted octanol–water partition coefficient (Wildman–Crippen LogP) is 5.18. The second kappa shape index (κ2) is 7.19. The van der Waals surface area contributed by atoms with Gasteiger partial charge in [0.15, 0.2) is 11.5 Å². The predicted molar refractivity (Wildman–Crippen MR) is 110 cm³/mol. The quantitative estimate of drug-likeness (QED) is 0.368. The molecule has 1 aliphatic rings. The molecule has 8 nitrogen and oxygen atoms in total. The van der Waals surface area contributed by atoms with Crippen LogP contribution in [0.2, 0.25) is 0 Å².